The number of benzene rings is 2. The minimum atomic E-state index is -0.0748. The molecule has 2 heterocycles. The highest BCUT2D eigenvalue weighted by Crippen LogP contribution is 2.34. The molecule has 1 saturated heterocycles. The summed E-state index contributed by atoms with van der Waals surface area (Å²) in [6.07, 6.45) is 0.400. The van der Waals surface area contributed by atoms with Crippen LogP contribution in [0.3, 0.4) is 0 Å². The van der Waals surface area contributed by atoms with Gasteiger partial charge in [-0.1, -0.05) is 23.7 Å². The average Bonchev–Trinajstić information content (AvgIpc) is 2.78. The van der Waals surface area contributed by atoms with E-state index in [1.54, 1.807) is 23.1 Å². The third-order valence-electron chi connectivity index (χ3n) is 6.19. The molecule has 31 heavy (non-hydrogen) atoms. The fourth-order valence-corrected chi connectivity index (χ4v) is 4.40. The van der Waals surface area contributed by atoms with Gasteiger partial charge >= 0.3 is 0 Å². The number of hydrogen-bond acceptors (Lipinski definition) is 4. The summed E-state index contributed by atoms with van der Waals surface area (Å²) in [4.78, 5) is 31.4. The summed E-state index contributed by atoms with van der Waals surface area (Å²) in [6, 6.07) is 11.6. The highest BCUT2D eigenvalue weighted by atomic mass is 35.5. The molecule has 0 spiro atoms. The third-order valence-corrected chi connectivity index (χ3v) is 6.42. The molecule has 2 aromatic carbocycles. The van der Waals surface area contributed by atoms with Crippen molar-refractivity contribution in [2.45, 2.75) is 26.7 Å². The highest BCUT2D eigenvalue weighted by molar-refractivity contribution is 6.31. The first-order chi connectivity index (χ1) is 14.9. The molecule has 2 amide bonds. The molecule has 0 N–H and O–H groups in total. The van der Waals surface area contributed by atoms with E-state index in [2.05, 4.69) is 36.9 Å². The average molecular weight is 442 g/mol. The molecule has 0 radical (unpaired) electrons. The van der Waals surface area contributed by atoms with E-state index in [4.69, 9.17) is 16.3 Å². The van der Waals surface area contributed by atoms with E-state index in [-0.39, 0.29) is 24.7 Å². The van der Waals surface area contributed by atoms with Gasteiger partial charge in [-0.3, -0.25) is 9.59 Å². The number of carbonyl (C=O) groups is 2. The second-order valence-electron chi connectivity index (χ2n) is 8.09. The molecule has 164 valence electrons. The van der Waals surface area contributed by atoms with Crippen molar-refractivity contribution in [2.24, 2.45) is 0 Å². The van der Waals surface area contributed by atoms with E-state index in [0.29, 0.717) is 42.7 Å². The first-order valence-electron chi connectivity index (χ1n) is 10.8. The van der Waals surface area contributed by atoms with Crippen molar-refractivity contribution in [1.29, 1.82) is 0 Å². The molecule has 2 aliphatic heterocycles. The first kappa shape index (κ1) is 21.5. The zero-order valence-electron chi connectivity index (χ0n) is 18.1. The van der Waals surface area contributed by atoms with Gasteiger partial charge in [0.05, 0.1) is 12.2 Å². The summed E-state index contributed by atoms with van der Waals surface area (Å²) in [5, 5.41) is 0.555. The molecule has 0 unspecified atom stereocenters. The van der Waals surface area contributed by atoms with Crippen LogP contribution in [0.1, 0.15) is 24.0 Å². The molecule has 1 fully saturated rings. The monoisotopic (exact) mass is 441 g/mol. The lowest BCUT2D eigenvalue weighted by molar-refractivity contribution is -0.133. The van der Waals surface area contributed by atoms with Crippen LogP contribution in [0.5, 0.6) is 5.75 Å². The molecule has 4 rings (SSSR count). The molecule has 0 aromatic heterocycles. The topological polar surface area (TPSA) is 53.1 Å². The number of piperazine rings is 1. The molecule has 2 aromatic rings. The number of amides is 2. The van der Waals surface area contributed by atoms with Gasteiger partial charge in [0.1, 0.15) is 12.4 Å². The van der Waals surface area contributed by atoms with Crippen LogP contribution in [-0.4, -0.2) is 56.0 Å². The lowest BCUT2D eigenvalue weighted by Crippen LogP contribution is -2.49. The smallest absolute Gasteiger partial charge is 0.227 e. The lowest BCUT2D eigenvalue weighted by Gasteiger charge is -2.37. The number of anilines is 2. The van der Waals surface area contributed by atoms with Crippen molar-refractivity contribution in [1.82, 2.24) is 4.90 Å². The van der Waals surface area contributed by atoms with Crippen molar-refractivity contribution in [2.75, 3.05) is 49.1 Å². The van der Waals surface area contributed by atoms with Crippen molar-refractivity contribution in [3.05, 3.63) is 52.5 Å². The minimum absolute atomic E-state index is 0.0357. The first-order valence-corrected chi connectivity index (χ1v) is 11.1. The Labute approximate surface area is 188 Å². The van der Waals surface area contributed by atoms with Gasteiger partial charge in [-0.15, -0.1) is 0 Å². The molecular formula is C24H28ClN3O3. The number of fused-ring (bicyclic) bond motifs is 1. The lowest BCUT2D eigenvalue weighted by atomic mass is 10.1. The van der Waals surface area contributed by atoms with Gasteiger partial charge in [-0.25, -0.2) is 0 Å². The van der Waals surface area contributed by atoms with Crippen molar-refractivity contribution >= 4 is 34.8 Å². The van der Waals surface area contributed by atoms with Crippen LogP contribution in [-0.2, 0) is 9.59 Å². The quantitative estimate of drug-likeness (QED) is 0.724. The second-order valence-corrected chi connectivity index (χ2v) is 8.53. The Morgan fingerprint density at radius 3 is 2.45 bits per heavy atom. The standard InChI is InChI=1S/C24H28ClN3O3/c1-17-4-3-5-20(18(17)2)26-10-12-27(13-11-26)23(29)8-9-24(30)28-14-15-31-22-7-6-19(25)16-21(22)28/h3-7,16H,8-15H2,1-2H3. The number of aryl methyl sites for hydroxylation is 1. The van der Waals surface area contributed by atoms with E-state index in [1.165, 1.54) is 16.8 Å². The Kier molecular flexibility index (Phi) is 6.37. The van der Waals surface area contributed by atoms with E-state index >= 15 is 0 Å². The largest absolute Gasteiger partial charge is 0.490 e. The molecule has 0 aliphatic carbocycles. The van der Waals surface area contributed by atoms with E-state index in [9.17, 15) is 9.59 Å². The minimum Gasteiger partial charge on any atom is -0.490 e. The van der Waals surface area contributed by atoms with Gasteiger partial charge in [0.2, 0.25) is 11.8 Å². The predicted molar refractivity (Wildman–Crippen MR) is 123 cm³/mol. The van der Waals surface area contributed by atoms with Crippen LogP contribution >= 0.6 is 11.6 Å². The Hall–Kier alpha value is -2.73. The molecule has 6 nitrogen and oxygen atoms in total. The highest BCUT2D eigenvalue weighted by Gasteiger charge is 2.26. The fourth-order valence-electron chi connectivity index (χ4n) is 4.23. The Morgan fingerprint density at radius 2 is 1.68 bits per heavy atom. The summed E-state index contributed by atoms with van der Waals surface area (Å²) >= 11 is 6.09. The number of ether oxygens (including phenoxy) is 1. The molecule has 0 bridgehead atoms. The maximum Gasteiger partial charge on any atom is 0.227 e. The Balaban J connectivity index is 1.31. The molecule has 0 saturated carbocycles. The van der Waals surface area contributed by atoms with Gasteiger partial charge in [0.25, 0.3) is 0 Å². The van der Waals surface area contributed by atoms with Crippen LogP contribution in [0.4, 0.5) is 11.4 Å². The van der Waals surface area contributed by atoms with Gasteiger partial charge in [0.15, 0.2) is 0 Å². The molecule has 7 heteroatoms. The van der Waals surface area contributed by atoms with Gasteiger partial charge in [-0.05, 0) is 49.2 Å². The zero-order valence-corrected chi connectivity index (χ0v) is 18.8. The summed E-state index contributed by atoms with van der Waals surface area (Å²) in [6.45, 7) is 8.14. The Morgan fingerprint density at radius 1 is 0.935 bits per heavy atom. The summed E-state index contributed by atoms with van der Waals surface area (Å²) in [5.74, 6) is 0.612. The fraction of sp³-hybridized carbons (Fsp3) is 0.417. The zero-order chi connectivity index (χ0) is 22.0. The van der Waals surface area contributed by atoms with Gasteiger partial charge < -0.3 is 19.4 Å². The normalized spacial score (nSPS) is 16.0. The maximum atomic E-state index is 12.8. The summed E-state index contributed by atoms with van der Waals surface area (Å²) in [7, 11) is 0. The van der Waals surface area contributed by atoms with Crippen LogP contribution < -0.4 is 14.5 Å². The van der Waals surface area contributed by atoms with E-state index < -0.39 is 0 Å². The number of halogens is 1. The van der Waals surface area contributed by atoms with Crippen LogP contribution in [0.25, 0.3) is 0 Å². The van der Waals surface area contributed by atoms with Crippen molar-refractivity contribution < 1.29 is 14.3 Å². The summed E-state index contributed by atoms with van der Waals surface area (Å²) in [5.41, 5.74) is 4.49. The van der Waals surface area contributed by atoms with E-state index in [0.717, 1.165) is 13.1 Å². The maximum absolute atomic E-state index is 12.8. The third kappa shape index (κ3) is 4.64. The van der Waals surface area contributed by atoms with Gasteiger partial charge in [0, 0.05) is 49.7 Å². The van der Waals surface area contributed by atoms with E-state index in [1.807, 2.05) is 4.90 Å². The predicted octanol–water partition coefficient (Wildman–Crippen LogP) is 3.81. The summed E-state index contributed by atoms with van der Waals surface area (Å²) < 4.78 is 5.61. The van der Waals surface area contributed by atoms with Gasteiger partial charge in [-0.2, -0.15) is 0 Å². The molecule has 2 aliphatic rings. The number of carbonyl (C=O) groups excluding carboxylic acids is 2. The number of nitrogens with zero attached hydrogens (tertiary/aromatic N) is 3. The van der Waals surface area contributed by atoms with Crippen LogP contribution in [0.15, 0.2) is 36.4 Å². The van der Waals surface area contributed by atoms with Crippen LogP contribution in [0.2, 0.25) is 5.02 Å². The van der Waals surface area contributed by atoms with Crippen molar-refractivity contribution in [3.63, 3.8) is 0 Å². The SMILES string of the molecule is Cc1cccc(N2CCN(C(=O)CCC(=O)N3CCOc4ccc(Cl)cc43)CC2)c1C. The molecule has 0 atom stereocenters. The number of rotatable bonds is 4. The Bertz CT molecular complexity index is 986. The second kappa shape index (κ2) is 9.18. The van der Waals surface area contributed by atoms with Crippen molar-refractivity contribution in [3.8, 4) is 5.75 Å². The molecular weight excluding hydrogens is 414 g/mol. The number of hydrogen-bond donors (Lipinski definition) is 0. The van der Waals surface area contributed by atoms with Crippen LogP contribution in [0, 0.1) is 13.8 Å².